The Morgan fingerprint density at radius 2 is 1.75 bits per heavy atom. The molecule has 0 atom stereocenters. The van der Waals surface area contributed by atoms with Gasteiger partial charge in [0.25, 0.3) is 10.0 Å². The van der Waals surface area contributed by atoms with Gasteiger partial charge in [-0.3, -0.25) is 4.31 Å². The molecule has 5 heteroatoms. The van der Waals surface area contributed by atoms with Crippen LogP contribution in [0.3, 0.4) is 0 Å². The third-order valence-electron chi connectivity index (χ3n) is 2.23. The SMILES string of the molecule is CN(c1ccccc1)S(=O)(=O)c1cccs1. The van der Waals surface area contributed by atoms with Crippen LogP contribution in [0.15, 0.2) is 52.1 Å². The average molecular weight is 253 g/mol. The number of hydrogen-bond acceptors (Lipinski definition) is 3. The number of benzene rings is 1. The molecule has 84 valence electrons. The van der Waals surface area contributed by atoms with E-state index in [0.717, 1.165) is 0 Å². The van der Waals surface area contributed by atoms with Gasteiger partial charge in [-0.1, -0.05) is 24.3 Å². The van der Waals surface area contributed by atoms with Crippen LogP contribution in [-0.4, -0.2) is 15.5 Å². The molecule has 2 rings (SSSR count). The number of nitrogens with zero attached hydrogens (tertiary/aromatic N) is 1. The van der Waals surface area contributed by atoms with Gasteiger partial charge in [-0.2, -0.15) is 0 Å². The van der Waals surface area contributed by atoms with Gasteiger partial charge in [0.1, 0.15) is 4.21 Å². The van der Waals surface area contributed by atoms with Crippen LogP contribution in [0.2, 0.25) is 0 Å². The molecule has 0 radical (unpaired) electrons. The fourth-order valence-electron chi connectivity index (χ4n) is 1.32. The van der Waals surface area contributed by atoms with Crippen molar-refractivity contribution in [3.8, 4) is 0 Å². The summed E-state index contributed by atoms with van der Waals surface area (Å²) in [5.74, 6) is 0. The van der Waals surface area contributed by atoms with Gasteiger partial charge in [-0.05, 0) is 23.6 Å². The van der Waals surface area contributed by atoms with E-state index in [1.807, 2.05) is 18.2 Å². The Hall–Kier alpha value is -1.33. The summed E-state index contributed by atoms with van der Waals surface area (Å²) in [6.45, 7) is 0. The lowest BCUT2D eigenvalue weighted by atomic mass is 10.3. The highest BCUT2D eigenvalue weighted by atomic mass is 32.2. The van der Waals surface area contributed by atoms with Crippen molar-refractivity contribution < 1.29 is 8.42 Å². The van der Waals surface area contributed by atoms with Crippen LogP contribution in [0.25, 0.3) is 0 Å². The molecule has 2 aromatic rings. The van der Waals surface area contributed by atoms with Gasteiger partial charge in [0.15, 0.2) is 0 Å². The minimum Gasteiger partial charge on any atom is -0.269 e. The minimum absolute atomic E-state index is 0.360. The second-order valence-corrected chi connectivity index (χ2v) is 6.38. The molecule has 0 aliphatic heterocycles. The van der Waals surface area contributed by atoms with E-state index < -0.39 is 10.0 Å². The maximum absolute atomic E-state index is 12.1. The molecule has 0 amide bonds. The summed E-state index contributed by atoms with van der Waals surface area (Å²) in [4.78, 5) is 0. The molecule has 1 aromatic heterocycles. The van der Waals surface area contributed by atoms with Gasteiger partial charge >= 0.3 is 0 Å². The summed E-state index contributed by atoms with van der Waals surface area (Å²) in [5, 5.41) is 1.76. The van der Waals surface area contributed by atoms with Crippen LogP contribution >= 0.6 is 11.3 Å². The first-order valence-corrected chi connectivity index (χ1v) is 7.02. The van der Waals surface area contributed by atoms with Crippen molar-refractivity contribution in [3.63, 3.8) is 0 Å². The van der Waals surface area contributed by atoms with Crippen LogP contribution in [-0.2, 0) is 10.0 Å². The van der Waals surface area contributed by atoms with Crippen molar-refractivity contribution in [1.82, 2.24) is 0 Å². The van der Waals surface area contributed by atoms with Gasteiger partial charge in [0.2, 0.25) is 0 Å². The van der Waals surface area contributed by atoms with Crippen molar-refractivity contribution in [3.05, 3.63) is 47.8 Å². The summed E-state index contributed by atoms with van der Waals surface area (Å²) >= 11 is 1.22. The van der Waals surface area contributed by atoms with Crippen molar-refractivity contribution >= 4 is 27.0 Å². The molecule has 0 bridgehead atoms. The van der Waals surface area contributed by atoms with Gasteiger partial charge in [0.05, 0.1) is 5.69 Å². The monoisotopic (exact) mass is 253 g/mol. The normalized spacial score (nSPS) is 11.3. The Morgan fingerprint density at radius 3 is 2.31 bits per heavy atom. The zero-order valence-electron chi connectivity index (χ0n) is 8.70. The number of sulfonamides is 1. The van der Waals surface area contributed by atoms with Crippen molar-refractivity contribution in [2.45, 2.75) is 4.21 Å². The molecule has 3 nitrogen and oxygen atoms in total. The van der Waals surface area contributed by atoms with E-state index in [2.05, 4.69) is 0 Å². The molecular weight excluding hydrogens is 242 g/mol. The third kappa shape index (κ3) is 1.96. The molecule has 0 fully saturated rings. The van der Waals surface area contributed by atoms with Crippen LogP contribution in [0.4, 0.5) is 5.69 Å². The predicted octanol–water partition coefficient (Wildman–Crippen LogP) is 2.57. The molecule has 0 aliphatic rings. The zero-order chi connectivity index (χ0) is 11.6. The smallest absolute Gasteiger partial charge is 0.269 e. The van der Waals surface area contributed by atoms with E-state index in [1.54, 1.807) is 36.7 Å². The Balaban J connectivity index is 2.40. The number of thiophene rings is 1. The third-order valence-corrected chi connectivity index (χ3v) is 5.39. The van der Waals surface area contributed by atoms with Gasteiger partial charge in [0, 0.05) is 7.05 Å². The second-order valence-electron chi connectivity index (χ2n) is 3.24. The lowest BCUT2D eigenvalue weighted by Gasteiger charge is -2.17. The number of rotatable bonds is 3. The van der Waals surface area contributed by atoms with E-state index >= 15 is 0 Å². The quantitative estimate of drug-likeness (QED) is 0.843. The maximum Gasteiger partial charge on any atom is 0.273 e. The van der Waals surface area contributed by atoms with Crippen LogP contribution < -0.4 is 4.31 Å². The topological polar surface area (TPSA) is 37.4 Å². The van der Waals surface area contributed by atoms with Gasteiger partial charge in [-0.25, -0.2) is 8.42 Å². The standard InChI is InChI=1S/C11H11NO2S2/c1-12(10-6-3-2-4-7-10)16(13,14)11-8-5-9-15-11/h2-9H,1H3. The highest BCUT2D eigenvalue weighted by Crippen LogP contribution is 2.24. The first-order chi connectivity index (χ1) is 7.62. The molecule has 0 spiro atoms. The van der Waals surface area contributed by atoms with Gasteiger partial charge < -0.3 is 0 Å². The Morgan fingerprint density at radius 1 is 1.06 bits per heavy atom. The summed E-state index contributed by atoms with van der Waals surface area (Å²) < 4.78 is 25.9. The Bertz CT molecular complexity index is 547. The first-order valence-electron chi connectivity index (χ1n) is 4.70. The minimum atomic E-state index is -3.40. The lowest BCUT2D eigenvalue weighted by molar-refractivity contribution is 0.596. The van der Waals surface area contributed by atoms with E-state index in [0.29, 0.717) is 9.90 Å². The Kier molecular flexibility index (Phi) is 2.98. The number of para-hydroxylation sites is 1. The lowest BCUT2D eigenvalue weighted by Crippen LogP contribution is -2.25. The molecule has 0 N–H and O–H groups in total. The number of hydrogen-bond donors (Lipinski definition) is 0. The van der Waals surface area contributed by atoms with Crippen molar-refractivity contribution in [1.29, 1.82) is 0 Å². The molecule has 0 unspecified atom stereocenters. The van der Waals surface area contributed by atoms with Crippen LogP contribution in [0.5, 0.6) is 0 Å². The molecule has 0 saturated heterocycles. The fourth-order valence-corrected chi connectivity index (χ4v) is 3.68. The Labute approximate surface area is 99.0 Å². The maximum atomic E-state index is 12.1. The molecule has 1 heterocycles. The van der Waals surface area contributed by atoms with E-state index in [4.69, 9.17) is 0 Å². The summed E-state index contributed by atoms with van der Waals surface area (Å²) in [7, 11) is -1.84. The second kappa shape index (κ2) is 4.27. The highest BCUT2D eigenvalue weighted by molar-refractivity contribution is 7.94. The molecule has 0 saturated carbocycles. The van der Waals surface area contributed by atoms with Crippen LogP contribution in [0, 0.1) is 0 Å². The summed E-state index contributed by atoms with van der Waals surface area (Å²) in [6.07, 6.45) is 0. The zero-order valence-corrected chi connectivity index (χ0v) is 10.3. The average Bonchev–Trinajstić information content (AvgIpc) is 2.83. The molecule has 1 aromatic carbocycles. The molecule has 0 aliphatic carbocycles. The van der Waals surface area contributed by atoms with Crippen molar-refractivity contribution in [2.24, 2.45) is 0 Å². The summed E-state index contributed by atoms with van der Waals surface area (Å²) in [6, 6.07) is 12.4. The highest BCUT2D eigenvalue weighted by Gasteiger charge is 2.21. The first kappa shape index (κ1) is 11.2. The van der Waals surface area contributed by atoms with Gasteiger partial charge in [-0.15, -0.1) is 11.3 Å². The summed E-state index contributed by atoms with van der Waals surface area (Å²) in [5.41, 5.74) is 0.663. The van der Waals surface area contributed by atoms with E-state index in [9.17, 15) is 8.42 Å². The molecule has 16 heavy (non-hydrogen) atoms. The number of anilines is 1. The molecular formula is C11H11NO2S2. The van der Waals surface area contributed by atoms with E-state index in [1.165, 1.54) is 15.6 Å². The van der Waals surface area contributed by atoms with Crippen LogP contribution in [0.1, 0.15) is 0 Å². The largest absolute Gasteiger partial charge is 0.273 e. The fraction of sp³-hybridized carbons (Fsp3) is 0.0909. The predicted molar refractivity (Wildman–Crippen MR) is 66.3 cm³/mol. The van der Waals surface area contributed by atoms with E-state index in [-0.39, 0.29) is 0 Å². The van der Waals surface area contributed by atoms with Crippen molar-refractivity contribution in [2.75, 3.05) is 11.4 Å².